The number of thioether (sulfide) groups is 1. The van der Waals surface area contributed by atoms with Crippen LogP contribution in [0.1, 0.15) is 63.4 Å². The molecule has 0 spiro atoms. The fourth-order valence-corrected chi connectivity index (χ4v) is 5.43. The van der Waals surface area contributed by atoms with Gasteiger partial charge in [0, 0.05) is 19.0 Å². The first-order valence-corrected chi connectivity index (χ1v) is 12.3. The molecule has 1 aliphatic carbocycles. The normalized spacial score (nSPS) is 20.0. The van der Waals surface area contributed by atoms with Gasteiger partial charge in [-0.3, -0.25) is 14.5 Å². The summed E-state index contributed by atoms with van der Waals surface area (Å²) in [6.45, 7) is 0.816. The van der Waals surface area contributed by atoms with Crippen LogP contribution in [0.15, 0.2) is 23.1 Å². The van der Waals surface area contributed by atoms with Crippen molar-refractivity contribution in [2.45, 2.75) is 63.8 Å². The highest BCUT2D eigenvalue weighted by molar-refractivity contribution is 8.26. The Hall–Kier alpha value is -2.06. The second kappa shape index (κ2) is 10.5. The van der Waals surface area contributed by atoms with E-state index in [0.717, 1.165) is 43.4 Å². The van der Waals surface area contributed by atoms with E-state index >= 15 is 0 Å². The Balaban J connectivity index is 1.20. The number of carbonyl (C=O) groups is 2. The molecule has 0 unspecified atom stereocenters. The lowest BCUT2D eigenvalue weighted by atomic mass is 9.95. The maximum absolute atomic E-state index is 12.8. The zero-order chi connectivity index (χ0) is 21.6. The molecule has 0 radical (unpaired) electrons. The summed E-state index contributed by atoms with van der Waals surface area (Å²) in [5, 5.41) is 3.16. The number of unbranched alkanes of at least 4 members (excludes halogenated alkanes) is 2. The molecule has 2 aliphatic heterocycles. The lowest BCUT2D eigenvalue weighted by Crippen LogP contribution is -2.36. The van der Waals surface area contributed by atoms with Gasteiger partial charge in [-0.05, 0) is 49.5 Å². The number of thiocarbonyl (C=S) groups is 1. The maximum atomic E-state index is 12.8. The first-order valence-electron chi connectivity index (χ1n) is 11.0. The SMILES string of the molecule is O=C(CCCCCN1C(=O)C(=Cc2ccc3c(c2)OCO3)SC1=S)NC1CCCCC1. The molecule has 1 saturated heterocycles. The number of fused-ring (bicyclic) bond motifs is 1. The third kappa shape index (κ3) is 5.80. The molecule has 1 aromatic carbocycles. The van der Waals surface area contributed by atoms with Crippen LogP contribution in [0.2, 0.25) is 0 Å². The van der Waals surface area contributed by atoms with Gasteiger partial charge in [-0.1, -0.05) is 55.7 Å². The number of carbonyl (C=O) groups excluding carboxylic acids is 2. The topological polar surface area (TPSA) is 67.9 Å². The van der Waals surface area contributed by atoms with Gasteiger partial charge in [0.15, 0.2) is 11.5 Å². The maximum Gasteiger partial charge on any atom is 0.266 e. The van der Waals surface area contributed by atoms with Crippen LogP contribution in [-0.4, -0.2) is 40.4 Å². The van der Waals surface area contributed by atoms with Gasteiger partial charge in [0.1, 0.15) is 4.32 Å². The number of amides is 2. The highest BCUT2D eigenvalue weighted by Crippen LogP contribution is 2.36. The first kappa shape index (κ1) is 22.1. The minimum absolute atomic E-state index is 0.0530. The van der Waals surface area contributed by atoms with Crippen LogP contribution < -0.4 is 14.8 Å². The highest BCUT2D eigenvalue weighted by atomic mass is 32.2. The van der Waals surface area contributed by atoms with Gasteiger partial charge in [0.2, 0.25) is 12.7 Å². The third-order valence-corrected chi connectivity index (χ3v) is 7.20. The average molecular weight is 461 g/mol. The Morgan fingerprint density at radius 2 is 1.97 bits per heavy atom. The van der Waals surface area contributed by atoms with Crippen LogP contribution in [-0.2, 0) is 9.59 Å². The van der Waals surface area contributed by atoms with Crippen LogP contribution in [0.3, 0.4) is 0 Å². The molecule has 0 bridgehead atoms. The number of hydrogen-bond acceptors (Lipinski definition) is 6. The molecule has 166 valence electrons. The van der Waals surface area contributed by atoms with E-state index in [0.29, 0.717) is 34.0 Å². The minimum Gasteiger partial charge on any atom is -0.454 e. The number of nitrogens with one attached hydrogen (secondary N) is 1. The molecular formula is C23H28N2O4S2. The lowest BCUT2D eigenvalue weighted by molar-refractivity contribution is -0.123. The van der Waals surface area contributed by atoms with Gasteiger partial charge >= 0.3 is 0 Å². The Morgan fingerprint density at radius 3 is 2.81 bits per heavy atom. The van der Waals surface area contributed by atoms with E-state index in [1.807, 2.05) is 24.3 Å². The predicted octanol–water partition coefficient (Wildman–Crippen LogP) is 4.63. The number of hydrogen-bond donors (Lipinski definition) is 1. The van der Waals surface area contributed by atoms with Gasteiger partial charge < -0.3 is 14.8 Å². The van der Waals surface area contributed by atoms with E-state index in [1.54, 1.807) is 4.90 Å². The second-order valence-corrected chi connectivity index (χ2v) is 9.83. The van der Waals surface area contributed by atoms with E-state index in [1.165, 1.54) is 31.0 Å². The number of nitrogens with zero attached hydrogens (tertiary/aromatic N) is 1. The number of benzene rings is 1. The fourth-order valence-electron chi connectivity index (χ4n) is 4.13. The summed E-state index contributed by atoms with van der Waals surface area (Å²) in [4.78, 5) is 27.2. The fraction of sp³-hybridized carbons (Fsp3) is 0.522. The third-order valence-electron chi connectivity index (χ3n) is 5.82. The van der Waals surface area contributed by atoms with E-state index in [-0.39, 0.29) is 18.6 Å². The van der Waals surface area contributed by atoms with Gasteiger partial charge in [-0.15, -0.1) is 0 Å². The van der Waals surface area contributed by atoms with Crippen molar-refractivity contribution in [2.75, 3.05) is 13.3 Å². The summed E-state index contributed by atoms with van der Waals surface area (Å²) < 4.78 is 11.3. The van der Waals surface area contributed by atoms with Crippen LogP contribution in [0, 0.1) is 0 Å². The zero-order valence-corrected chi connectivity index (χ0v) is 19.2. The van der Waals surface area contributed by atoms with Gasteiger partial charge in [0.05, 0.1) is 4.91 Å². The van der Waals surface area contributed by atoms with E-state index in [4.69, 9.17) is 21.7 Å². The van der Waals surface area contributed by atoms with Crippen molar-refractivity contribution in [1.82, 2.24) is 10.2 Å². The largest absolute Gasteiger partial charge is 0.454 e. The zero-order valence-electron chi connectivity index (χ0n) is 17.6. The molecule has 0 atom stereocenters. The molecular weight excluding hydrogens is 432 g/mol. The molecule has 1 aromatic rings. The smallest absolute Gasteiger partial charge is 0.266 e. The Kier molecular flexibility index (Phi) is 7.50. The summed E-state index contributed by atoms with van der Waals surface area (Å²) in [6, 6.07) is 5.98. The molecule has 1 N–H and O–H groups in total. The first-order chi connectivity index (χ1) is 15.1. The Bertz CT molecular complexity index is 880. The Morgan fingerprint density at radius 1 is 1.16 bits per heavy atom. The monoisotopic (exact) mass is 460 g/mol. The van der Waals surface area contributed by atoms with Gasteiger partial charge in [-0.2, -0.15) is 0 Å². The molecule has 8 heteroatoms. The van der Waals surface area contributed by atoms with Crippen molar-refractivity contribution < 1.29 is 19.1 Å². The van der Waals surface area contributed by atoms with Crippen molar-refractivity contribution in [3.8, 4) is 11.5 Å². The van der Waals surface area contributed by atoms with Crippen molar-refractivity contribution in [3.05, 3.63) is 28.7 Å². The molecule has 3 aliphatic rings. The number of rotatable bonds is 8. The van der Waals surface area contributed by atoms with Crippen LogP contribution in [0.25, 0.3) is 6.08 Å². The minimum atomic E-state index is -0.0530. The van der Waals surface area contributed by atoms with Gasteiger partial charge in [-0.25, -0.2) is 0 Å². The quantitative estimate of drug-likeness (QED) is 0.347. The predicted molar refractivity (Wildman–Crippen MR) is 126 cm³/mol. The van der Waals surface area contributed by atoms with E-state index in [2.05, 4.69) is 5.32 Å². The molecule has 2 amide bonds. The van der Waals surface area contributed by atoms with Crippen molar-refractivity contribution in [3.63, 3.8) is 0 Å². The molecule has 6 nitrogen and oxygen atoms in total. The summed E-state index contributed by atoms with van der Waals surface area (Å²) in [7, 11) is 0. The van der Waals surface area contributed by atoms with Crippen LogP contribution in [0.5, 0.6) is 11.5 Å². The average Bonchev–Trinajstić information content (AvgIpc) is 3.33. The van der Waals surface area contributed by atoms with Gasteiger partial charge in [0.25, 0.3) is 5.91 Å². The summed E-state index contributed by atoms with van der Waals surface area (Å²) >= 11 is 6.75. The highest BCUT2D eigenvalue weighted by Gasteiger charge is 2.31. The van der Waals surface area contributed by atoms with E-state index < -0.39 is 0 Å². The molecule has 2 fully saturated rings. The van der Waals surface area contributed by atoms with Crippen molar-refractivity contribution >= 4 is 46.2 Å². The number of ether oxygens (including phenoxy) is 2. The molecule has 31 heavy (non-hydrogen) atoms. The summed E-state index contributed by atoms with van der Waals surface area (Å²) in [6.07, 6.45) is 10.9. The molecule has 2 heterocycles. The lowest BCUT2D eigenvalue weighted by Gasteiger charge is -2.22. The van der Waals surface area contributed by atoms with Crippen molar-refractivity contribution in [1.29, 1.82) is 0 Å². The summed E-state index contributed by atoms with van der Waals surface area (Å²) in [5.74, 6) is 1.51. The van der Waals surface area contributed by atoms with Crippen molar-refractivity contribution in [2.24, 2.45) is 0 Å². The molecule has 1 saturated carbocycles. The Labute approximate surface area is 192 Å². The standard InChI is InChI=1S/C23H28N2O4S2/c26-21(24-17-7-3-1-4-8-17)9-5-2-6-12-25-22(27)20(31-23(25)30)14-16-10-11-18-19(13-16)29-15-28-18/h10-11,13-14,17H,1-9,12,15H2,(H,24,26). The summed E-state index contributed by atoms with van der Waals surface area (Å²) in [5.41, 5.74) is 0.883. The van der Waals surface area contributed by atoms with Crippen LogP contribution >= 0.6 is 24.0 Å². The molecule has 0 aromatic heterocycles. The van der Waals surface area contributed by atoms with Crippen LogP contribution in [0.4, 0.5) is 0 Å². The second-order valence-electron chi connectivity index (χ2n) is 8.16. The van der Waals surface area contributed by atoms with E-state index in [9.17, 15) is 9.59 Å². The molecule has 4 rings (SSSR count).